The lowest BCUT2D eigenvalue weighted by Crippen LogP contribution is -2.02. The van der Waals surface area contributed by atoms with Crippen LogP contribution in [0.15, 0.2) is 42.9 Å². The van der Waals surface area contributed by atoms with Gasteiger partial charge in [0.05, 0.1) is 11.8 Å². The Bertz CT molecular complexity index is 717. The molecule has 2 aromatic heterocycles. The van der Waals surface area contributed by atoms with Gasteiger partial charge in [-0.1, -0.05) is 12.1 Å². The van der Waals surface area contributed by atoms with Gasteiger partial charge in [0.1, 0.15) is 5.52 Å². The third-order valence-corrected chi connectivity index (χ3v) is 3.05. The van der Waals surface area contributed by atoms with Crippen molar-refractivity contribution in [1.82, 2.24) is 14.5 Å². The Morgan fingerprint density at radius 3 is 3.00 bits per heavy atom. The molecule has 3 aromatic rings. The predicted molar refractivity (Wildman–Crippen MR) is 76.7 cm³/mol. The molecule has 0 saturated carbocycles. The first kappa shape index (κ1) is 11.5. The van der Waals surface area contributed by atoms with E-state index in [2.05, 4.69) is 15.3 Å². The van der Waals surface area contributed by atoms with Crippen LogP contribution >= 0.6 is 0 Å². The summed E-state index contributed by atoms with van der Waals surface area (Å²) in [6.07, 6.45) is 3.57. The first-order chi connectivity index (χ1) is 9.24. The first-order valence-corrected chi connectivity index (χ1v) is 6.08. The molecule has 0 aliphatic rings. The Hall–Kier alpha value is -2.56. The van der Waals surface area contributed by atoms with Crippen molar-refractivity contribution in [2.75, 3.05) is 11.1 Å². The van der Waals surface area contributed by atoms with Crippen molar-refractivity contribution in [2.45, 2.75) is 6.54 Å². The highest BCUT2D eigenvalue weighted by molar-refractivity contribution is 5.85. The van der Waals surface area contributed by atoms with E-state index in [4.69, 9.17) is 5.73 Å². The summed E-state index contributed by atoms with van der Waals surface area (Å²) >= 11 is 0. The van der Waals surface area contributed by atoms with E-state index in [-0.39, 0.29) is 0 Å². The number of benzene rings is 1. The number of aromatic nitrogens is 3. The van der Waals surface area contributed by atoms with E-state index in [0.717, 1.165) is 28.1 Å². The highest BCUT2D eigenvalue weighted by Crippen LogP contribution is 2.19. The van der Waals surface area contributed by atoms with Gasteiger partial charge in [-0.05, 0) is 23.8 Å². The number of imidazole rings is 1. The highest BCUT2D eigenvalue weighted by Gasteiger charge is 2.06. The summed E-state index contributed by atoms with van der Waals surface area (Å²) in [6.45, 7) is 0.674. The smallest absolute Gasteiger partial charge is 0.154 e. The standard InChI is InChI=1S/C14H15N5/c1-19-9-18-13-12(19)5-6-16-14(13)17-8-10-3-2-4-11(15)7-10/h2-7,9H,8,15H2,1H3,(H,16,17). The molecule has 0 aliphatic heterocycles. The van der Waals surface area contributed by atoms with Gasteiger partial charge in [0.15, 0.2) is 5.82 Å². The van der Waals surface area contributed by atoms with Crippen LogP contribution in [-0.4, -0.2) is 14.5 Å². The van der Waals surface area contributed by atoms with Crippen molar-refractivity contribution in [3.05, 3.63) is 48.4 Å². The van der Waals surface area contributed by atoms with Crippen LogP contribution in [0.5, 0.6) is 0 Å². The summed E-state index contributed by atoms with van der Waals surface area (Å²) in [7, 11) is 1.97. The molecule has 0 fully saturated rings. The number of nitrogens with zero attached hydrogens (tertiary/aromatic N) is 3. The van der Waals surface area contributed by atoms with E-state index in [1.807, 2.05) is 41.9 Å². The second-order valence-electron chi connectivity index (χ2n) is 4.48. The molecular weight excluding hydrogens is 238 g/mol. The largest absolute Gasteiger partial charge is 0.399 e. The van der Waals surface area contributed by atoms with Crippen molar-refractivity contribution >= 4 is 22.5 Å². The molecular formula is C14H15N5. The van der Waals surface area contributed by atoms with Crippen molar-refractivity contribution in [1.29, 1.82) is 0 Å². The van der Waals surface area contributed by atoms with Crippen LogP contribution in [0, 0.1) is 0 Å². The number of rotatable bonds is 3. The Balaban J connectivity index is 1.86. The van der Waals surface area contributed by atoms with Crippen molar-refractivity contribution in [3.8, 4) is 0 Å². The van der Waals surface area contributed by atoms with Gasteiger partial charge in [0.25, 0.3) is 0 Å². The van der Waals surface area contributed by atoms with Gasteiger partial charge in [-0.15, -0.1) is 0 Å². The van der Waals surface area contributed by atoms with Crippen LogP contribution in [0.25, 0.3) is 11.0 Å². The monoisotopic (exact) mass is 253 g/mol. The summed E-state index contributed by atoms with van der Waals surface area (Å²) in [4.78, 5) is 8.70. The van der Waals surface area contributed by atoms with Crippen molar-refractivity contribution < 1.29 is 0 Å². The maximum atomic E-state index is 5.76. The summed E-state index contributed by atoms with van der Waals surface area (Å²) < 4.78 is 1.97. The molecule has 96 valence electrons. The normalized spacial score (nSPS) is 10.8. The molecule has 0 unspecified atom stereocenters. The van der Waals surface area contributed by atoms with Gasteiger partial charge in [-0.2, -0.15) is 0 Å². The van der Waals surface area contributed by atoms with Gasteiger partial charge in [-0.3, -0.25) is 0 Å². The lowest BCUT2D eigenvalue weighted by molar-refractivity contribution is 0.947. The maximum absolute atomic E-state index is 5.76. The van der Waals surface area contributed by atoms with Gasteiger partial charge in [0, 0.05) is 25.5 Å². The van der Waals surface area contributed by atoms with E-state index in [1.54, 1.807) is 12.5 Å². The second kappa shape index (κ2) is 4.61. The number of nitrogens with two attached hydrogens (primary N) is 1. The van der Waals surface area contributed by atoms with Crippen LogP contribution in [-0.2, 0) is 13.6 Å². The van der Waals surface area contributed by atoms with Crippen LogP contribution in [0.2, 0.25) is 0 Å². The lowest BCUT2D eigenvalue weighted by atomic mass is 10.2. The zero-order valence-corrected chi connectivity index (χ0v) is 10.7. The van der Waals surface area contributed by atoms with E-state index in [1.165, 1.54) is 0 Å². The number of hydrogen-bond acceptors (Lipinski definition) is 4. The summed E-state index contributed by atoms with van der Waals surface area (Å²) in [5.74, 6) is 0.792. The fourth-order valence-corrected chi connectivity index (χ4v) is 2.08. The molecule has 0 atom stereocenters. The summed E-state index contributed by atoms with van der Waals surface area (Å²) in [6, 6.07) is 9.75. The molecule has 0 saturated heterocycles. The van der Waals surface area contributed by atoms with Gasteiger partial charge < -0.3 is 15.6 Å². The van der Waals surface area contributed by atoms with Gasteiger partial charge in [0.2, 0.25) is 0 Å². The molecule has 0 radical (unpaired) electrons. The van der Waals surface area contributed by atoms with E-state index >= 15 is 0 Å². The average molecular weight is 253 g/mol. The van der Waals surface area contributed by atoms with Crippen molar-refractivity contribution in [2.24, 2.45) is 7.05 Å². The van der Waals surface area contributed by atoms with Crippen molar-refractivity contribution in [3.63, 3.8) is 0 Å². The Morgan fingerprint density at radius 1 is 1.26 bits per heavy atom. The fraction of sp³-hybridized carbons (Fsp3) is 0.143. The Kier molecular flexibility index (Phi) is 2.79. The number of pyridine rings is 1. The molecule has 0 amide bonds. The van der Waals surface area contributed by atoms with Crippen LogP contribution < -0.4 is 11.1 Å². The number of aryl methyl sites for hydroxylation is 1. The van der Waals surface area contributed by atoms with E-state index in [9.17, 15) is 0 Å². The molecule has 0 spiro atoms. The lowest BCUT2D eigenvalue weighted by Gasteiger charge is -2.07. The van der Waals surface area contributed by atoms with Crippen LogP contribution in [0.1, 0.15) is 5.56 Å². The fourth-order valence-electron chi connectivity index (χ4n) is 2.08. The third kappa shape index (κ3) is 2.22. The van der Waals surface area contributed by atoms with Crippen LogP contribution in [0.4, 0.5) is 11.5 Å². The number of nitrogen functional groups attached to an aromatic ring is 1. The zero-order chi connectivity index (χ0) is 13.2. The van der Waals surface area contributed by atoms with E-state index in [0.29, 0.717) is 6.54 Å². The van der Waals surface area contributed by atoms with Crippen LogP contribution in [0.3, 0.4) is 0 Å². The highest BCUT2D eigenvalue weighted by atomic mass is 15.1. The molecule has 3 rings (SSSR count). The van der Waals surface area contributed by atoms with Gasteiger partial charge >= 0.3 is 0 Å². The summed E-state index contributed by atoms with van der Waals surface area (Å²) in [5.41, 5.74) is 9.59. The minimum atomic E-state index is 0.674. The predicted octanol–water partition coefficient (Wildman–Crippen LogP) is 2.16. The SMILES string of the molecule is Cn1cnc2c(NCc3cccc(N)c3)nccc21. The Labute approximate surface area is 111 Å². The second-order valence-corrected chi connectivity index (χ2v) is 4.48. The molecule has 2 heterocycles. The zero-order valence-electron chi connectivity index (χ0n) is 10.7. The number of hydrogen-bond donors (Lipinski definition) is 2. The minimum absolute atomic E-state index is 0.674. The first-order valence-electron chi connectivity index (χ1n) is 6.08. The molecule has 1 aromatic carbocycles. The number of nitrogens with one attached hydrogen (secondary N) is 1. The molecule has 0 aliphatic carbocycles. The molecule has 5 nitrogen and oxygen atoms in total. The Morgan fingerprint density at radius 2 is 2.16 bits per heavy atom. The minimum Gasteiger partial charge on any atom is -0.399 e. The summed E-state index contributed by atoms with van der Waals surface area (Å²) in [5, 5.41) is 3.30. The number of anilines is 2. The molecule has 0 bridgehead atoms. The topological polar surface area (TPSA) is 68.8 Å². The quantitative estimate of drug-likeness (QED) is 0.702. The average Bonchev–Trinajstić information content (AvgIpc) is 2.79. The third-order valence-electron chi connectivity index (χ3n) is 3.05. The number of fused-ring (bicyclic) bond motifs is 1. The van der Waals surface area contributed by atoms with E-state index < -0.39 is 0 Å². The maximum Gasteiger partial charge on any atom is 0.154 e. The molecule has 5 heteroatoms. The molecule has 19 heavy (non-hydrogen) atoms. The van der Waals surface area contributed by atoms with Gasteiger partial charge in [-0.25, -0.2) is 9.97 Å². The molecule has 3 N–H and O–H groups in total.